The first-order chi connectivity index (χ1) is 8.78. The zero-order chi connectivity index (χ0) is 14.8. The van der Waals surface area contributed by atoms with E-state index in [1.54, 1.807) is 6.92 Å². The Hall–Kier alpha value is -1.47. The summed E-state index contributed by atoms with van der Waals surface area (Å²) in [6.45, 7) is 5.29. The van der Waals surface area contributed by atoms with Crippen LogP contribution in [0.1, 0.15) is 42.7 Å². The lowest BCUT2D eigenvalue weighted by Crippen LogP contribution is -2.53. The number of carbonyl (C=O) groups excluding carboxylic acids is 1. The molecule has 6 nitrogen and oxygen atoms in total. The molecule has 7 heteroatoms. The van der Waals surface area contributed by atoms with Gasteiger partial charge in [-0.2, -0.15) is 4.37 Å². The summed E-state index contributed by atoms with van der Waals surface area (Å²) in [5.74, 6) is -1.37. The van der Waals surface area contributed by atoms with Crippen molar-refractivity contribution in [3.8, 4) is 0 Å². The molecule has 1 aromatic rings. The van der Waals surface area contributed by atoms with Crippen LogP contribution in [0.3, 0.4) is 0 Å². The number of aromatic nitrogens is 1. The smallest absolute Gasteiger partial charge is 0.340 e. The predicted octanol–water partition coefficient (Wildman–Crippen LogP) is 1.63. The Balaban J connectivity index is 3.18. The maximum Gasteiger partial charge on any atom is 0.340 e. The molecule has 1 rings (SSSR count). The molecule has 19 heavy (non-hydrogen) atoms. The number of hydrogen-bond acceptors (Lipinski definition) is 5. The fourth-order valence-electron chi connectivity index (χ4n) is 1.81. The number of likely N-dealkylation sites (N-methyl/N-ethyl adjacent to an activating group) is 1. The molecule has 0 bridgehead atoms. The lowest BCUT2D eigenvalue weighted by Gasteiger charge is -2.30. The predicted molar refractivity (Wildman–Crippen MR) is 74.7 cm³/mol. The Labute approximate surface area is 116 Å². The lowest BCUT2D eigenvalue weighted by molar-refractivity contribution is -0.123. The van der Waals surface area contributed by atoms with E-state index in [0.29, 0.717) is 23.5 Å². The molecule has 1 amide bonds. The van der Waals surface area contributed by atoms with Crippen LogP contribution in [-0.4, -0.2) is 33.9 Å². The summed E-state index contributed by atoms with van der Waals surface area (Å²) in [7, 11) is 1.54. The highest BCUT2D eigenvalue weighted by atomic mass is 32.1. The highest BCUT2D eigenvalue weighted by Crippen LogP contribution is 2.30. The third kappa shape index (κ3) is 2.76. The van der Waals surface area contributed by atoms with Crippen molar-refractivity contribution in [2.75, 3.05) is 11.9 Å². The highest BCUT2D eigenvalue weighted by Gasteiger charge is 2.35. The van der Waals surface area contributed by atoms with Gasteiger partial charge < -0.3 is 15.7 Å². The van der Waals surface area contributed by atoms with Crippen molar-refractivity contribution < 1.29 is 14.7 Å². The minimum Gasteiger partial charge on any atom is -0.478 e. The van der Waals surface area contributed by atoms with Crippen LogP contribution in [0.15, 0.2) is 0 Å². The zero-order valence-electron chi connectivity index (χ0n) is 11.6. The van der Waals surface area contributed by atoms with Gasteiger partial charge in [0.2, 0.25) is 5.91 Å². The van der Waals surface area contributed by atoms with E-state index in [2.05, 4.69) is 4.37 Å². The Kier molecular flexibility index (Phi) is 4.65. The molecule has 0 saturated heterocycles. The lowest BCUT2D eigenvalue weighted by atomic mass is 9.92. The molecule has 0 aliphatic rings. The van der Waals surface area contributed by atoms with Gasteiger partial charge in [-0.15, -0.1) is 0 Å². The highest BCUT2D eigenvalue weighted by molar-refractivity contribution is 7.11. The zero-order valence-corrected chi connectivity index (χ0v) is 12.4. The van der Waals surface area contributed by atoms with Crippen LogP contribution < -0.4 is 10.6 Å². The van der Waals surface area contributed by atoms with Gasteiger partial charge in [-0.3, -0.25) is 4.79 Å². The normalized spacial score (nSPS) is 11.4. The minimum absolute atomic E-state index is 0.0652. The van der Waals surface area contributed by atoms with Crippen molar-refractivity contribution in [3.63, 3.8) is 0 Å². The van der Waals surface area contributed by atoms with Crippen molar-refractivity contribution >= 4 is 28.4 Å². The van der Waals surface area contributed by atoms with E-state index in [-0.39, 0.29) is 11.5 Å². The number of aromatic carboxylic acids is 1. The van der Waals surface area contributed by atoms with Crippen molar-refractivity contribution in [2.45, 2.75) is 39.2 Å². The average molecular weight is 285 g/mol. The van der Waals surface area contributed by atoms with Crippen LogP contribution >= 0.6 is 11.5 Å². The SMILES string of the molecule is CCC(N)(CC)C(=O)N(C)c1snc(C)c1C(=O)O. The number of hydrogen-bond donors (Lipinski definition) is 2. The largest absolute Gasteiger partial charge is 0.478 e. The Bertz CT molecular complexity index is 494. The van der Waals surface area contributed by atoms with Crippen molar-refractivity contribution in [3.05, 3.63) is 11.3 Å². The Morgan fingerprint density at radius 3 is 2.37 bits per heavy atom. The molecule has 0 aliphatic carbocycles. The van der Waals surface area contributed by atoms with Gasteiger partial charge >= 0.3 is 5.97 Å². The van der Waals surface area contributed by atoms with Crippen LogP contribution in [0.4, 0.5) is 5.00 Å². The first kappa shape index (κ1) is 15.6. The number of nitrogens with two attached hydrogens (primary N) is 1. The van der Waals surface area contributed by atoms with Gasteiger partial charge in [0.05, 0.1) is 11.2 Å². The van der Waals surface area contributed by atoms with Crippen molar-refractivity contribution in [1.82, 2.24) is 4.37 Å². The monoisotopic (exact) mass is 285 g/mol. The van der Waals surface area contributed by atoms with Gasteiger partial charge in [0, 0.05) is 7.05 Å². The van der Waals surface area contributed by atoms with Crippen LogP contribution in [0.2, 0.25) is 0 Å². The molecule has 106 valence electrons. The van der Waals surface area contributed by atoms with E-state index in [1.165, 1.54) is 11.9 Å². The summed E-state index contributed by atoms with van der Waals surface area (Å²) in [5.41, 5.74) is 5.56. The Morgan fingerprint density at radius 1 is 1.42 bits per heavy atom. The molecular weight excluding hydrogens is 266 g/mol. The van der Waals surface area contributed by atoms with Gasteiger partial charge in [0.25, 0.3) is 0 Å². The fourth-order valence-corrected chi connectivity index (χ4v) is 2.66. The summed E-state index contributed by atoms with van der Waals surface area (Å²) in [6, 6.07) is 0. The van der Waals surface area contributed by atoms with Gasteiger partial charge in [-0.1, -0.05) is 13.8 Å². The van der Waals surface area contributed by atoms with E-state index in [0.717, 1.165) is 11.5 Å². The number of anilines is 1. The molecular formula is C12H19N3O3S. The summed E-state index contributed by atoms with van der Waals surface area (Å²) in [5, 5.41) is 9.51. The standard InChI is InChI=1S/C12H19N3O3S/c1-5-12(13,6-2)11(18)15(4)9-8(10(16)17)7(3)14-19-9/h5-6,13H2,1-4H3,(H,16,17). The molecule has 1 heterocycles. The second-order valence-electron chi connectivity index (χ2n) is 4.48. The second kappa shape index (κ2) is 5.66. The molecule has 0 saturated carbocycles. The first-order valence-corrected chi connectivity index (χ1v) is 6.82. The van der Waals surface area contributed by atoms with Crippen LogP contribution in [0, 0.1) is 6.92 Å². The average Bonchev–Trinajstić information content (AvgIpc) is 2.78. The molecule has 0 atom stereocenters. The quantitative estimate of drug-likeness (QED) is 0.857. The van der Waals surface area contributed by atoms with Crippen LogP contribution in [0.5, 0.6) is 0 Å². The molecule has 0 unspecified atom stereocenters. The minimum atomic E-state index is -1.09. The summed E-state index contributed by atoms with van der Waals surface area (Å²) in [4.78, 5) is 24.9. The van der Waals surface area contributed by atoms with Crippen molar-refractivity contribution in [1.29, 1.82) is 0 Å². The molecule has 0 spiro atoms. The number of rotatable bonds is 5. The molecule has 1 aromatic heterocycles. The molecule has 3 N–H and O–H groups in total. The maximum atomic E-state index is 12.4. The number of carbonyl (C=O) groups is 2. The van der Waals surface area contributed by atoms with Crippen LogP contribution in [-0.2, 0) is 4.79 Å². The maximum absolute atomic E-state index is 12.4. The van der Waals surface area contributed by atoms with Gasteiger partial charge in [0.1, 0.15) is 10.6 Å². The molecule has 0 fully saturated rings. The molecule has 0 radical (unpaired) electrons. The Morgan fingerprint density at radius 2 is 1.95 bits per heavy atom. The number of carboxylic acids is 1. The number of carboxylic acid groups (broad SMARTS) is 1. The second-order valence-corrected chi connectivity index (χ2v) is 5.23. The summed E-state index contributed by atoms with van der Waals surface area (Å²) >= 11 is 0.997. The van der Waals surface area contributed by atoms with E-state index in [9.17, 15) is 14.7 Å². The third-order valence-corrected chi connectivity index (χ3v) is 4.37. The van der Waals surface area contributed by atoms with Gasteiger partial charge in [-0.05, 0) is 31.3 Å². The van der Waals surface area contributed by atoms with E-state index in [4.69, 9.17) is 5.73 Å². The van der Waals surface area contributed by atoms with Crippen molar-refractivity contribution in [2.24, 2.45) is 5.73 Å². The van der Waals surface area contributed by atoms with E-state index >= 15 is 0 Å². The molecule has 0 aliphatic heterocycles. The topological polar surface area (TPSA) is 96.5 Å². The summed E-state index contributed by atoms with van der Waals surface area (Å²) < 4.78 is 4.00. The third-order valence-electron chi connectivity index (χ3n) is 3.36. The van der Waals surface area contributed by atoms with Gasteiger partial charge in [-0.25, -0.2) is 4.79 Å². The fraction of sp³-hybridized carbons (Fsp3) is 0.583. The van der Waals surface area contributed by atoms with E-state index < -0.39 is 11.5 Å². The molecule has 0 aromatic carbocycles. The number of amides is 1. The summed E-state index contributed by atoms with van der Waals surface area (Å²) in [6.07, 6.45) is 0.986. The van der Waals surface area contributed by atoms with E-state index in [1.807, 2.05) is 13.8 Å². The van der Waals surface area contributed by atoms with Gasteiger partial charge in [0.15, 0.2) is 0 Å². The number of aryl methyl sites for hydroxylation is 1. The van der Waals surface area contributed by atoms with Crippen LogP contribution in [0.25, 0.3) is 0 Å². The first-order valence-electron chi connectivity index (χ1n) is 6.05. The number of nitrogens with zero attached hydrogens (tertiary/aromatic N) is 2.